The van der Waals surface area contributed by atoms with Crippen LogP contribution in [0.5, 0.6) is 5.75 Å². The van der Waals surface area contributed by atoms with Gasteiger partial charge in [0.15, 0.2) is 22.5 Å². The lowest BCUT2D eigenvalue weighted by atomic mass is 10.2. The summed E-state index contributed by atoms with van der Waals surface area (Å²) in [4.78, 5) is 6.84. The molecule has 4 rings (SSSR count). The van der Waals surface area contributed by atoms with Gasteiger partial charge in [0.1, 0.15) is 18.0 Å². The number of rotatable bonds is 4. The fourth-order valence-corrected chi connectivity index (χ4v) is 4.05. The van der Waals surface area contributed by atoms with E-state index in [4.69, 9.17) is 43.9 Å². The second-order valence-corrected chi connectivity index (χ2v) is 8.79. The first-order chi connectivity index (χ1) is 14.1. The maximum absolute atomic E-state index is 8.08. The number of nitrogens with zero attached hydrogens (tertiary/aromatic N) is 2. The molecule has 0 radical (unpaired) electrons. The molecule has 1 aliphatic heterocycles. The number of nitrogens with one attached hydrogen (secondary N) is 1. The van der Waals surface area contributed by atoms with Crippen molar-refractivity contribution in [3.8, 4) is 5.75 Å². The minimum Gasteiger partial charge on any atom is -0.483 e. The summed E-state index contributed by atoms with van der Waals surface area (Å²) in [6.45, 7) is 3.64. The summed E-state index contributed by atoms with van der Waals surface area (Å²) in [6, 6.07) is 8.01. The molecule has 0 bridgehead atoms. The minimum atomic E-state index is -1.50. The van der Waals surface area contributed by atoms with Crippen LogP contribution in [0, 0.1) is 0 Å². The number of anilines is 3. The third-order valence-corrected chi connectivity index (χ3v) is 5.36. The van der Waals surface area contributed by atoms with E-state index in [1.807, 2.05) is 24.3 Å². The van der Waals surface area contributed by atoms with E-state index in [1.165, 1.54) is 39.5 Å². The molecule has 0 saturated heterocycles. The average molecular weight is 455 g/mol. The third-order valence-electron chi connectivity index (χ3n) is 4.86. The molecule has 5 N–H and O–H groups in total. The standard InChI is InChI=1S/C18H20Cl2N4O.C3H8O2/c19-12-5-3-4-11(8-12)9-25-16-14(21)15-18(23-17(16)20)24(10-22-15)13-6-1-2-7-13;1-3(2,4)5/h3-5,8,13,22H,1-2,6-7,9-10H2,(H2,21,23);4-5H,1-2H3. The zero-order valence-corrected chi connectivity index (χ0v) is 18.7. The fraction of sp³-hybridized carbons (Fsp3) is 0.476. The Bertz CT molecular complexity index is 877. The van der Waals surface area contributed by atoms with Crippen LogP contribution >= 0.6 is 23.2 Å². The minimum absolute atomic E-state index is 0.296. The van der Waals surface area contributed by atoms with Crippen molar-refractivity contribution in [2.75, 3.05) is 22.6 Å². The summed E-state index contributed by atoms with van der Waals surface area (Å²) in [5.41, 5.74) is 8.60. The highest BCUT2D eigenvalue weighted by Crippen LogP contribution is 2.45. The molecule has 0 atom stereocenters. The van der Waals surface area contributed by atoms with Gasteiger partial charge in [-0.25, -0.2) is 4.98 Å². The Morgan fingerprint density at radius 3 is 2.57 bits per heavy atom. The van der Waals surface area contributed by atoms with Gasteiger partial charge in [0.25, 0.3) is 0 Å². The van der Waals surface area contributed by atoms with Crippen LogP contribution in [-0.2, 0) is 6.61 Å². The molecule has 0 unspecified atom stereocenters. The largest absolute Gasteiger partial charge is 0.483 e. The fourth-order valence-electron chi connectivity index (χ4n) is 3.60. The van der Waals surface area contributed by atoms with Crippen LogP contribution in [-0.4, -0.2) is 33.7 Å². The molecule has 30 heavy (non-hydrogen) atoms. The van der Waals surface area contributed by atoms with E-state index in [9.17, 15) is 0 Å². The number of aromatic nitrogens is 1. The van der Waals surface area contributed by atoms with Gasteiger partial charge in [0.2, 0.25) is 0 Å². The van der Waals surface area contributed by atoms with Gasteiger partial charge < -0.3 is 30.9 Å². The van der Waals surface area contributed by atoms with E-state index < -0.39 is 5.79 Å². The summed E-state index contributed by atoms with van der Waals surface area (Å²) >= 11 is 12.4. The van der Waals surface area contributed by atoms with Gasteiger partial charge in [-0.3, -0.25) is 0 Å². The second kappa shape index (κ2) is 9.47. The lowest BCUT2D eigenvalue weighted by Gasteiger charge is -2.24. The zero-order chi connectivity index (χ0) is 21.9. The first kappa shape index (κ1) is 22.7. The van der Waals surface area contributed by atoms with Crippen LogP contribution < -0.4 is 20.7 Å². The predicted molar refractivity (Wildman–Crippen MR) is 121 cm³/mol. The van der Waals surface area contributed by atoms with Gasteiger partial charge in [-0.1, -0.05) is 48.2 Å². The number of nitrogens with two attached hydrogens (primary N) is 1. The van der Waals surface area contributed by atoms with Gasteiger partial charge in [0.05, 0.1) is 6.67 Å². The van der Waals surface area contributed by atoms with Crippen LogP contribution in [0.4, 0.5) is 17.2 Å². The van der Waals surface area contributed by atoms with Crippen LogP contribution in [0.2, 0.25) is 10.2 Å². The number of nitrogen functional groups attached to an aromatic ring is 1. The first-order valence-corrected chi connectivity index (χ1v) is 10.7. The summed E-state index contributed by atoms with van der Waals surface area (Å²) < 4.78 is 5.86. The Kier molecular flexibility index (Phi) is 7.18. The summed E-state index contributed by atoms with van der Waals surface area (Å²) in [5, 5.41) is 20.5. The summed E-state index contributed by atoms with van der Waals surface area (Å²) in [7, 11) is 0. The maximum Gasteiger partial charge on any atom is 0.182 e. The number of hydrogen-bond donors (Lipinski definition) is 4. The lowest BCUT2D eigenvalue weighted by molar-refractivity contribution is -0.127. The van der Waals surface area contributed by atoms with Crippen LogP contribution in [0.1, 0.15) is 45.1 Å². The van der Waals surface area contributed by atoms with Crippen LogP contribution in [0.15, 0.2) is 24.3 Å². The molecule has 2 aliphatic rings. The number of fused-ring (bicyclic) bond motifs is 1. The van der Waals surface area contributed by atoms with E-state index in [2.05, 4.69) is 15.2 Å². The molecule has 1 saturated carbocycles. The van der Waals surface area contributed by atoms with Crippen molar-refractivity contribution in [1.82, 2.24) is 4.98 Å². The Labute approximate surface area is 186 Å². The Morgan fingerprint density at radius 1 is 1.27 bits per heavy atom. The molecule has 1 aromatic carbocycles. The molecule has 1 aliphatic carbocycles. The van der Waals surface area contributed by atoms with E-state index >= 15 is 0 Å². The van der Waals surface area contributed by atoms with E-state index in [1.54, 1.807) is 0 Å². The molecule has 9 heteroatoms. The van der Waals surface area contributed by atoms with Crippen molar-refractivity contribution >= 4 is 40.4 Å². The first-order valence-electron chi connectivity index (χ1n) is 9.95. The average Bonchev–Trinajstić information content (AvgIpc) is 3.29. The number of hydrogen-bond acceptors (Lipinski definition) is 7. The van der Waals surface area contributed by atoms with E-state index in [0.29, 0.717) is 40.9 Å². The Hall–Kier alpha value is -1.93. The molecule has 1 fully saturated rings. The molecular weight excluding hydrogens is 427 g/mol. The summed E-state index contributed by atoms with van der Waals surface area (Å²) in [6.07, 6.45) is 4.90. The van der Waals surface area contributed by atoms with Crippen molar-refractivity contribution in [2.24, 2.45) is 0 Å². The molecule has 2 heterocycles. The predicted octanol–water partition coefficient (Wildman–Crippen LogP) is 4.39. The van der Waals surface area contributed by atoms with Crippen LogP contribution in [0.25, 0.3) is 0 Å². The maximum atomic E-state index is 8.08. The van der Waals surface area contributed by atoms with Crippen molar-refractivity contribution in [2.45, 2.75) is 58.0 Å². The van der Waals surface area contributed by atoms with Gasteiger partial charge in [0, 0.05) is 11.1 Å². The summed E-state index contributed by atoms with van der Waals surface area (Å²) in [5.74, 6) is -0.245. The number of halogens is 2. The van der Waals surface area contributed by atoms with Crippen molar-refractivity contribution in [1.29, 1.82) is 0 Å². The highest BCUT2D eigenvalue weighted by Gasteiger charge is 2.32. The molecule has 7 nitrogen and oxygen atoms in total. The lowest BCUT2D eigenvalue weighted by Crippen LogP contribution is -2.33. The second-order valence-electron chi connectivity index (χ2n) is 8.00. The molecule has 0 spiro atoms. The third kappa shape index (κ3) is 5.82. The van der Waals surface area contributed by atoms with Crippen molar-refractivity contribution in [3.05, 3.63) is 40.0 Å². The number of benzene rings is 1. The molecule has 0 amide bonds. The number of pyridine rings is 1. The smallest absolute Gasteiger partial charge is 0.182 e. The number of aliphatic hydroxyl groups is 2. The zero-order valence-electron chi connectivity index (χ0n) is 17.2. The quantitative estimate of drug-likeness (QED) is 0.401. The monoisotopic (exact) mass is 454 g/mol. The SMILES string of the molecule is CC(C)(O)O.Nc1c2c(nc(Cl)c1OCc1cccc(Cl)c1)N(C1CCCC1)CN2. The van der Waals surface area contributed by atoms with Crippen molar-refractivity contribution in [3.63, 3.8) is 0 Å². The van der Waals surface area contributed by atoms with Crippen molar-refractivity contribution < 1.29 is 14.9 Å². The molecule has 2 aromatic rings. The number of ether oxygens (including phenoxy) is 1. The van der Waals surface area contributed by atoms with Gasteiger partial charge in [-0.15, -0.1) is 0 Å². The van der Waals surface area contributed by atoms with E-state index in [-0.39, 0.29) is 0 Å². The highest BCUT2D eigenvalue weighted by molar-refractivity contribution is 6.32. The molecule has 164 valence electrons. The normalized spacial score (nSPS) is 16.0. The molecule has 1 aromatic heterocycles. The highest BCUT2D eigenvalue weighted by atomic mass is 35.5. The van der Waals surface area contributed by atoms with E-state index in [0.717, 1.165) is 17.1 Å². The Morgan fingerprint density at radius 2 is 1.93 bits per heavy atom. The van der Waals surface area contributed by atoms with Gasteiger partial charge in [-0.2, -0.15) is 0 Å². The van der Waals surface area contributed by atoms with Gasteiger partial charge >= 0.3 is 0 Å². The van der Waals surface area contributed by atoms with Crippen LogP contribution in [0.3, 0.4) is 0 Å². The topological polar surface area (TPSA) is 104 Å². The molecular formula is C21H28Cl2N4O3. The van der Waals surface area contributed by atoms with Gasteiger partial charge in [-0.05, 0) is 44.4 Å². The Balaban J connectivity index is 0.000000461.